The third-order valence-corrected chi connectivity index (χ3v) is 4.65. The van der Waals surface area contributed by atoms with Crippen LogP contribution in [0.5, 0.6) is 5.75 Å². The molecule has 0 aliphatic carbocycles. The lowest BCUT2D eigenvalue weighted by molar-refractivity contribution is 0.0745. The Hall–Kier alpha value is -2.89. The first-order valence-corrected chi connectivity index (χ1v) is 8.54. The summed E-state index contributed by atoms with van der Waals surface area (Å²) in [6.07, 6.45) is 0.752. The number of aromatic nitrogens is 2. The number of carbonyl (C=O) groups is 1. The van der Waals surface area contributed by atoms with Crippen molar-refractivity contribution in [2.45, 2.75) is 33.2 Å². The number of hydrogen-bond acceptors (Lipinski definition) is 5. The molecule has 0 bridgehead atoms. The molecule has 0 radical (unpaired) electrons. The molecule has 1 atom stereocenters. The van der Waals surface area contributed by atoms with Crippen LogP contribution in [-0.2, 0) is 6.42 Å². The van der Waals surface area contributed by atoms with Crippen LogP contribution in [-0.4, -0.2) is 41.1 Å². The molecule has 0 saturated heterocycles. The number of aryl methyl sites for hydroxylation is 2. The lowest BCUT2D eigenvalue weighted by atomic mass is 10.0. The van der Waals surface area contributed by atoms with Crippen LogP contribution in [0.2, 0.25) is 0 Å². The third-order valence-electron chi connectivity index (χ3n) is 4.65. The molecular weight excluding hydrogens is 330 g/mol. The first kappa shape index (κ1) is 17.9. The van der Waals surface area contributed by atoms with E-state index in [1.54, 1.807) is 18.1 Å². The van der Waals surface area contributed by atoms with E-state index in [4.69, 9.17) is 9.26 Å². The van der Waals surface area contributed by atoms with Crippen LogP contribution in [0.25, 0.3) is 11.1 Å². The van der Waals surface area contributed by atoms with Crippen molar-refractivity contribution >= 4 is 17.0 Å². The highest BCUT2D eigenvalue weighted by Crippen LogP contribution is 2.24. The maximum atomic E-state index is 13.1. The van der Waals surface area contributed by atoms with E-state index in [0.717, 1.165) is 23.4 Å². The molecule has 26 heavy (non-hydrogen) atoms. The van der Waals surface area contributed by atoms with Crippen molar-refractivity contribution in [1.29, 1.82) is 0 Å². The Labute approximate surface area is 152 Å². The second-order valence-corrected chi connectivity index (χ2v) is 6.58. The molecule has 0 N–H and O–H groups in total. The number of rotatable bonds is 5. The lowest BCUT2D eigenvalue weighted by Gasteiger charge is -2.25. The van der Waals surface area contributed by atoms with Crippen LogP contribution in [0.1, 0.15) is 34.2 Å². The van der Waals surface area contributed by atoms with Gasteiger partial charge in [0.2, 0.25) is 0 Å². The topological polar surface area (TPSA) is 68.5 Å². The second-order valence-electron chi connectivity index (χ2n) is 6.58. The van der Waals surface area contributed by atoms with Crippen molar-refractivity contribution in [1.82, 2.24) is 15.0 Å². The number of pyridine rings is 1. The minimum atomic E-state index is -0.0622. The molecule has 6 nitrogen and oxygen atoms in total. The molecule has 0 saturated carbocycles. The van der Waals surface area contributed by atoms with Gasteiger partial charge in [0.1, 0.15) is 5.75 Å². The fraction of sp³-hybridized carbons (Fsp3) is 0.350. The Morgan fingerprint density at radius 1 is 1.27 bits per heavy atom. The highest BCUT2D eigenvalue weighted by Gasteiger charge is 2.23. The highest BCUT2D eigenvalue weighted by molar-refractivity contribution is 6.06. The van der Waals surface area contributed by atoms with E-state index >= 15 is 0 Å². The van der Waals surface area contributed by atoms with Crippen molar-refractivity contribution in [3.05, 3.63) is 52.8 Å². The zero-order chi connectivity index (χ0) is 18.8. The number of likely N-dealkylation sites (N-methyl/N-ethyl adjacent to an activating group) is 1. The average molecular weight is 353 g/mol. The zero-order valence-corrected chi connectivity index (χ0v) is 15.7. The molecule has 3 aromatic rings. The fourth-order valence-electron chi connectivity index (χ4n) is 3.02. The van der Waals surface area contributed by atoms with Gasteiger partial charge in [-0.15, -0.1) is 0 Å². The first-order valence-electron chi connectivity index (χ1n) is 8.54. The van der Waals surface area contributed by atoms with Gasteiger partial charge in [-0.2, -0.15) is 0 Å². The maximum absolute atomic E-state index is 13.1. The molecule has 0 fully saturated rings. The van der Waals surface area contributed by atoms with Crippen LogP contribution in [0.3, 0.4) is 0 Å². The minimum Gasteiger partial charge on any atom is -0.497 e. The van der Waals surface area contributed by atoms with Gasteiger partial charge < -0.3 is 14.2 Å². The Morgan fingerprint density at radius 2 is 1.96 bits per heavy atom. The maximum Gasteiger partial charge on any atom is 0.258 e. The minimum absolute atomic E-state index is 0.0274. The summed E-state index contributed by atoms with van der Waals surface area (Å²) in [5.41, 5.74) is 3.54. The summed E-state index contributed by atoms with van der Waals surface area (Å²) in [4.78, 5) is 19.2. The van der Waals surface area contributed by atoms with E-state index in [1.807, 2.05) is 52.1 Å². The molecular formula is C20H23N3O3. The summed E-state index contributed by atoms with van der Waals surface area (Å²) >= 11 is 0. The number of nitrogens with zero attached hydrogens (tertiary/aromatic N) is 3. The van der Waals surface area contributed by atoms with Gasteiger partial charge in [0, 0.05) is 18.8 Å². The smallest absolute Gasteiger partial charge is 0.258 e. The van der Waals surface area contributed by atoms with Crippen molar-refractivity contribution in [2.24, 2.45) is 0 Å². The van der Waals surface area contributed by atoms with Crippen LogP contribution < -0.4 is 4.74 Å². The average Bonchev–Trinajstić information content (AvgIpc) is 3.01. The van der Waals surface area contributed by atoms with Crippen LogP contribution in [0.15, 0.2) is 34.9 Å². The number of ether oxygens (including phenoxy) is 1. The molecule has 136 valence electrons. The summed E-state index contributed by atoms with van der Waals surface area (Å²) in [5, 5.41) is 4.63. The number of methoxy groups -OCH3 is 1. The zero-order valence-electron chi connectivity index (χ0n) is 15.7. The monoisotopic (exact) mass is 353 g/mol. The van der Waals surface area contributed by atoms with Crippen molar-refractivity contribution in [3.8, 4) is 5.75 Å². The molecule has 2 heterocycles. The van der Waals surface area contributed by atoms with Gasteiger partial charge in [-0.25, -0.2) is 4.98 Å². The number of amides is 1. The standard InChI is InChI=1S/C20H23N3O3/c1-12-10-17(18-14(3)22-26-19(18)21-12)20(24)23(4)13(2)11-15-6-8-16(25-5)9-7-15/h6-10,13H,11H2,1-5H3/t13-/m0/s1. The molecule has 1 aromatic carbocycles. The SMILES string of the molecule is COc1ccc(C[C@H](C)N(C)C(=O)c2cc(C)nc3onc(C)c23)cc1. The molecule has 1 amide bonds. The molecule has 3 rings (SSSR count). The van der Waals surface area contributed by atoms with Crippen LogP contribution in [0, 0.1) is 13.8 Å². The van der Waals surface area contributed by atoms with E-state index in [2.05, 4.69) is 10.1 Å². The second kappa shape index (κ2) is 7.15. The van der Waals surface area contributed by atoms with E-state index < -0.39 is 0 Å². The summed E-state index contributed by atoms with van der Waals surface area (Å²) in [5.74, 6) is 0.760. The van der Waals surface area contributed by atoms with E-state index in [1.165, 1.54) is 0 Å². The highest BCUT2D eigenvalue weighted by atomic mass is 16.5. The summed E-state index contributed by atoms with van der Waals surface area (Å²) in [6, 6.07) is 9.73. The summed E-state index contributed by atoms with van der Waals surface area (Å²) < 4.78 is 10.4. The van der Waals surface area contributed by atoms with Gasteiger partial charge in [-0.3, -0.25) is 4.79 Å². The van der Waals surface area contributed by atoms with Crippen molar-refractivity contribution < 1.29 is 14.1 Å². The lowest BCUT2D eigenvalue weighted by Crippen LogP contribution is -2.36. The molecule has 0 spiro atoms. The third kappa shape index (κ3) is 3.40. The Balaban J connectivity index is 1.83. The Kier molecular flexibility index (Phi) is 4.93. The number of hydrogen-bond donors (Lipinski definition) is 0. The van der Waals surface area contributed by atoms with Crippen molar-refractivity contribution in [2.75, 3.05) is 14.2 Å². The summed E-state index contributed by atoms with van der Waals surface area (Å²) in [7, 11) is 3.47. The van der Waals surface area contributed by atoms with Gasteiger partial charge in [0.05, 0.1) is 23.8 Å². The van der Waals surface area contributed by atoms with Gasteiger partial charge in [-0.1, -0.05) is 17.3 Å². The van der Waals surface area contributed by atoms with E-state index in [9.17, 15) is 4.79 Å². The fourth-order valence-corrected chi connectivity index (χ4v) is 3.02. The molecule has 0 aliphatic heterocycles. The van der Waals surface area contributed by atoms with Crippen LogP contribution >= 0.6 is 0 Å². The van der Waals surface area contributed by atoms with E-state index in [-0.39, 0.29) is 11.9 Å². The first-order chi connectivity index (χ1) is 12.4. The summed E-state index contributed by atoms with van der Waals surface area (Å²) in [6.45, 7) is 5.70. The predicted molar refractivity (Wildman–Crippen MR) is 99.5 cm³/mol. The van der Waals surface area contributed by atoms with Gasteiger partial charge >= 0.3 is 0 Å². The number of fused-ring (bicyclic) bond motifs is 1. The molecule has 2 aromatic heterocycles. The van der Waals surface area contributed by atoms with Crippen LogP contribution in [0.4, 0.5) is 0 Å². The van der Waals surface area contributed by atoms with Gasteiger partial charge in [-0.05, 0) is 51.0 Å². The predicted octanol–water partition coefficient (Wildman–Crippen LogP) is 3.55. The normalized spacial score (nSPS) is 12.2. The molecule has 6 heteroatoms. The Bertz CT molecular complexity index is 931. The Morgan fingerprint density at radius 3 is 2.62 bits per heavy atom. The van der Waals surface area contributed by atoms with Gasteiger partial charge in [0.15, 0.2) is 0 Å². The largest absolute Gasteiger partial charge is 0.497 e. The quantitative estimate of drug-likeness (QED) is 0.702. The van der Waals surface area contributed by atoms with E-state index in [0.29, 0.717) is 22.4 Å². The molecule has 0 unspecified atom stereocenters. The number of benzene rings is 1. The molecule has 0 aliphatic rings. The van der Waals surface area contributed by atoms with Crippen molar-refractivity contribution in [3.63, 3.8) is 0 Å². The number of carbonyl (C=O) groups excluding carboxylic acids is 1. The van der Waals surface area contributed by atoms with Gasteiger partial charge in [0.25, 0.3) is 11.6 Å².